The van der Waals surface area contributed by atoms with Crippen LogP contribution in [0.4, 0.5) is 10.9 Å². The average Bonchev–Trinajstić information content (AvgIpc) is 3.22. The number of carbonyl (C=O) groups is 1. The van der Waals surface area contributed by atoms with Crippen molar-refractivity contribution in [1.29, 1.82) is 0 Å². The van der Waals surface area contributed by atoms with Crippen LogP contribution >= 0.6 is 11.3 Å². The van der Waals surface area contributed by atoms with E-state index in [2.05, 4.69) is 25.4 Å². The highest BCUT2D eigenvalue weighted by Crippen LogP contribution is 2.26. The molecule has 3 heterocycles. The largest absolute Gasteiger partial charge is 0.375 e. The van der Waals surface area contributed by atoms with Gasteiger partial charge in [0.25, 0.3) is 5.91 Å². The summed E-state index contributed by atoms with van der Waals surface area (Å²) in [5.74, 6) is 0.698. The number of piperidine rings is 1. The van der Waals surface area contributed by atoms with Crippen LogP contribution in [0.3, 0.4) is 0 Å². The van der Waals surface area contributed by atoms with E-state index in [-0.39, 0.29) is 5.91 Å². The molecule has 27 heavy (non-hydrogen) atoms. The van der Waals surface area contributed by atoms with E-state index in [0.29, 0.717) is 22.9 Å². The Morgan fingerprint density at radius 2 is 1.89 bits per heavy atom. The second kappa shape index (κ2) is 8.75. The maximum Gasteiger partial charge on any atom is 0.259 e. The lowest BCUT2D eigenvalue weighted by molar-refractivity contribution is -0.0395. The van der Waals surface area contributed by atoms with Crippen molar-refractivity contribution < 1.29 is 9.53 Å². The molecule has 2 aromatic rings. The lowest BCUT2D eigenvalue weighted by Gasteiger charge is -2.35. The van der Waals surface area contributed by atoms with E-state index >= 15 is 0 Å². The van der Waals surface area contributed by atoms with E-state index in [0.717, 1.165) is 31.7 Å². The summed E-state index contributed by atoms with van der Waals surface area (Å²) in [5.41, 5.74) is 2.10. The van der Waals surface area contributed by atoms with Crippen LogP contribution in [0.2, 0.25) is 0 Å². The molecule has 7 nitrogen and oxygen atoms in total. The lowest BCUT2D eigenvalue weighted by atomic mass is 9.97. The smallest absolute Gasteiger partial charge is 0.259 e. The molecule has 1 aliphatic heterocycles. The van der Waals surface area contributed by atoms with Gasteiger partial charge in [0.15, 0.2) is 0 Å². The minimum atomic E-state index is -0.217. The number of carbonyl (C=O) groups excluding carboxylic acids is 1. The Bertz CT molecular complexity index is 723. The molecule has 0 spiro atoms. The first kappa shape index (κ1) is 18.3. The van der Waals surface area contributed by atoms with E-state index in [1.165, 1.54) is 43.4 Å². The Kier molecular flexibility index (Phi) is 5.94. The molecule has 8 heteroatoms. The molecule has 2 aliphatic rings. The molecule has 1 saturated heterocycles. The number of anilines is 2. The number of pyridine rings is 1. The number of aromatic nitrogens is 3. The third kappa shape index (κ3) is 4.81. The van der Waals surface area contributed by atoms with Crippen LogP contribution < -0.4 is 10.2 Å². The first-order valence-electron chi connectivity index (χ1n) is 9.72. The Labute approximate surface area is 163 Å². The van der Waals surface area contributed by atoms with Crippen molar-refractivity contribution in [2.24, 2.45) is 0 Å². The minimum Gasteiger partial charge on any atom is -0.375 e. The molecule has 1 amide bonds. The fraction of sp³-hybridized carbons (Fsp3) is 0.579. The Balaban J connectivity index is 1.27. The molecule has 0 radical (unpaired) electrons. The lowest BCUT2D eigenvalue weighted by Crippen LogP contribution is -2.39. The van der Waals surface area contributed by atoms with Gasteiger partial charge in [-0.3, -0.25) is 10.1 Å². The first-order valence-corrected chi connectivity index (χ1v) is 10.6. The molecular weight excluding hydrogens is 362 g/mol. The van der Waals surface area contributed by atoms with E-state index in [4.69, 9.17) is 4.74 Å². The molecule has 2 aromatic heterocycles. The molecular formula is C19H25N5O2S. The van der Waals surface area contributed by atoms with Gasteiger partial charge in [0, 0.05) is 19.3 Å². The second-order valence-electron chi connectivity index (χ2n) is 7.19. The molecule has 0 unspecified atom stereocenters. The Morgan fingerprint density at radius 1 is 1.11 bits per heavy atom. The van der Waals surface area contributed by atoms with Crippen molar-refractivity contribution in [3.63, 3.8) is 0 Å². The van der Waals surface area contributed by atoms with Gasteiger partial charge in [-0.25, -0.2) is 4.98 Å². The molecule has 1 aliphatic carbocycles. The topological polar surface area (TPSA) is 80.2 Å². The highest BCUT2D eigenvalue weighted by atomic mass is 32.1. The number of nitrogens with zero attached hydrogens (tertiary/aromatic N) is 4. The zero-order valence-corrected chi connectivity index (χ0v) is 16.2. The van der Waals surface area contributed by atoms with Crippen LogP contribution in [-0.4, -0.2) is 46.4 Å². The van der Waals surface area contributed by atoms with Crippen molar-refractivity contribution in [1.82, 2.24) is 15.2 Å². The molecule has 0 atom stereocenters. The van der Waals surface area contributed by atoms with Crippen LogP contribution in [0.5, 0.6) is 0 Å². The number of rotatable bonds is 5. The summed E-state index contributed by atoms with van der Waals surface area (Å²) >= 11 is 1.29. The maximum atomic E-state index is 12.2. The predicted molar refractivity (Wildman–Crippen MR) is 105 cm³/mol. The molecule has 1 N–H and O–H groups in total. The van der Waals surface area contributed by atoms with Gasteiger partial charge in [-0.15, -0.1) is 10.2 Å². The van der Waals surface area contributed by atoms with E-state index in [1.54, 1.807) is 11.7 Å². The summed E-state index contributed by atoms with van der Waals surface area (Å²) in [6, 6.07) is 3.72. The SMILES string of the molecule is O=C(Nc1nncs1)c1ccc(N2CCC(OC3CCCCC3)CC2)nc1. The Morgan fingerprint density at radius 3 is 2.56 bits per heavy atom. The highest BCUT2D eigenvalue weighted by molar-refractivity contribution is 7.13. The maximum absolute atomic E-state index is 12.2. The molecule has 1 saturated carbocycles. The van der Waals surface area contributed by atoms with Gasteiger partial charge in [-0.05, 0) is 37.8 Å². The number of amides is 1. The van der Waals surface area contributed by atoms with Crippen LogP contribution in [0, 0.1) is 0 Å². The fourth-order valence-corrected chi connectivity index (χ4v) is 4.24. The average molecular weight is 388 g/mol. The third-order valence-corrected chi connectivity index (χ3v) is 5.90. The Hall–Kier alpha value is -2.06. The van der Waals surface area contributed by atoms with Crippen molar-refractivity contribution in [2.75, 3.05) is 23.3 Å². The van der Waals surface area contributed by atoms with Gasteiger partial charge in [0.05, 0.1) is 17.8 Å². The quantitative estimate of drug-likeness (QED) is 0.846. The van der Waals surface area contributed by atoms with Crippen molar-refractivity contribution in [3.8, 4) is 0 Å². The molecule has 4 rings (SSSR count). The number of hydrogen-bond acceptors (Lipinski definition) is 7. The third-order valence-electron chi connectivity index (χ3n) is 5.29. The van der Waals surface area contributed by atoms with Crippen LogP contribution in [0.1, 0.15) is 55.3 Å². The summed E-state index contributed by atoms with van der Waals surface area (Å²) in [6.07, 6.45) is 11.0. The molecule has 2 fully saturated rings. The minimum absolute atomic E-state index is 0.217. The van der Waals surface area contributed by atoms with Crippen LogP contribution in [-0.2, 0) is 4.74 Å². The van der Waals surface area contributed by atoms with Gasteiger partial charge >= 0.3 is 0 Å². The van der Waals surface area contributed by atoms with E-state index in [9.17, 15) is 4.79 Å². The van der Waals surface area contributed by atoms with Gasteiger partial charge in [-0.1, -0.05) is 30.6 Å². The highest BCUT2D eigenvalue weighted by Gasteiger charge is 2.24. The van der Waals surface area contributed by atoms with Gasteiger partial charge in [0.1, 0.15) is 11.3 Å². The van der Waals surface area contributed by atoms with Gasteiger partial charge in [-0.2, -0.15) is 0 Å². The van der Waals surface area contributed by atoms with Gasteiger partial charge in [0.2, 0.25) is 5.13 Å². The molecule has 144 valence electrons. The summed E-state index contributed by atoms with van der Waals surface area (Å²) in [6.45, 7) is 1.89. The first-order chi connectivity index (χ1) is 13.3. The van der Waals surface area contributed by atoms with E-state index < -0.39 is 0 Å². The zero-order chi connectivity index (χ0) is 18.5. The molecule has 0 bridgehead atoms. The number of nitrogens with one attached hydrogen (secondary N) is 1. The monoisotopic (exact) mass is 387 g/mol. The second-order valence-corrected chi connectivity index (χ2v) is 8.02. The standard InChI is InChI=1S/C19H25N5O2S/c25-18(22-19-23-21-13-27-19)14-6-7-17(20-12-14)24-10-8-16(9-11-24)26-15-4-2-1-3-5-15/h6-7,12-13,15-16H,1-5,8-11H2,(H,22,23,25). The van der Waals surface area contributed by atoms with Crippen molar-refractivity contribution in [3.05, 3.63) is 29.4 Å². The summed E-state index contributed by atoms with van der Waals surface area (Å²) < 4.78 is 6.31. The summed E-state index contributed by atoms with van der Waals surface area (Å²) in [5, 5.41) is 10.7. The van der Waals surface area contributed by atoms with Crippen LogP contribution in [0.15, 0.2) is 23.8 Å². The number of hydrogen-bond donors (Lipinski definition) is 1. The fourth-order valence-electron chi connectivity index (χ4n) is 3.80. The zero-order valence-electron chi connectivity index (χ0n) is 15.3. The van der Waals surface area contributed by atoms with Crippen molar-refractivity contribution in [2.45, 2.75) is 57.2 Å². The van der Waals surface area contributed by atoms with E-state index in [1.807, 2.05) is 12.1 Å². The predicted octanol–water partition coefficient (Wildman–Crippen LogP) is 3.50. The van der Waals surface area contributed by atoms with Crippen molar-refractivity contribution >= 4 is 28.2 Å². The molecule has 0 aromatic carbocycles. The van der Waals surface area contributed by atoms with Gasteiger partial charge < -0.3 is 9.64 Å². The number of ether oxygens (including phenoxy) is 1. The van der Waals surface area contributed by atoms with Crippen LogP contribution in [0.25, 0.3) is 0 Å². The normalized spacial score (nSPS) is 19.2. The summed E-state index contributed by atoms with van der Waals surface area (Å²) in [4.78, 5) is 18.9. The summed E-state index contributed by atoms with van der Waals surface area (Å²) in [7, 11) is 0.